The van der Waals surface area contributed by atoms with Gasteiger partial charge >= 0.3 is 11.9 Å². The summed E-state index contributed by atoms with van der Waals surface area (Å²) >= 11 is 0. The van der Waals surface area contributed by atoms with E-state index in [9.17, 15) is 19.8 Å². The van der Waals surface area contributed by atoms with Gasteiger partial charge in [0.1, 0.15) is 23.0 Å². The quantitative estimate of drug-likeness (QED) is 0.327. The van der Waals surface area contributed by atoms with Crippen LogP contribution in [0.15, 0.2) is 66.7 Å². The van der Waals surface area contributed by atoms with Crippen molar-refractivity contribution < 1.29 is 34.0 Å². The highest BCUT2D eigenvalue weighted by Gasteiger charge is 2.25. The molecular weight excluding hydrogens is 450 g/mol. The lowest BCUT2D eigenvalue weighted by atomic mass is 10.1. The Labute approximate surface area is 201 Å². The molecule has 0 atom stereocenters. The van der Waals surface area contributed by atoms with E-state index in [1.807, 2.05) is 13.8 Å². The number of carbonyl (C=O) groups is 2. The molecule has 0 spiro atoms. The highest BCUT2D eigenvalue weighted by molar-refractivity contribution is 6.07. The minimum atomic E-state index is -1.22. The molecule has 0 saturated heterocycles. The highest BCUT2D eigenvalue weighted by Crippen LogP contribution is 2.35. The van der Waals surface area contributed by atoms with Crippen LogP contribution in [0.25, 0.3) is 16.6 Å². The number of hydrogen-bond acceptors (Lipinski definition) is 5. The maximum Gasteiger partial charge on any atom is 0.338 e. The molecule has 180 valence electrons. The smallest absolute Gasteiger partial charge is 0.338 e. The van der Waals surface area contributed by atoms with E-state index in [0.29, 0.717) is 39.6 Å². The fourth-order valence-corrected chi connectivity index (χ4v) is 3.96. The molecule has 8 nitrogen and oxygen atoms in total. The molecule has 1 heterocycles. The molecule has 2 N–H and O–H groups in total. The number of aliphatic carboxylic acids is 1. The number of rotatable bonds is 9. The van der Waals surface area contributed by atoms with E-state index in [4.69, 9.17) is 14.2 Å². The summed E-state index contributed by atoms with van der Waals surface area (Å²) in [4.78, 5) is 23.9. The molecule has 4 rings (SSSR count). The first-order valence-corrected chi connectivity index (χ1v) is 11.0. The normalized spacial score (nSPS) is 11.0. The van der Waals surface area contributed by atoms with Crippen LogP contribution in [0.1, 0.15) is 29.9 Å². The molecule has 0 radical (unpaired) electrons. The van der Waals surface area contributed by atoms with Gasteiger partial charge in [-0.15, -0.1) is 0 Å². The topological polar surface area (TPSA) is 107 Å². The first kappa shape index (κ1) is 23.7. The average Bonchev–Trinajstić information content (AvgIpc) is 3.12. The predicted octanol–water partition coefficient (Wildman–Crippen LogP) is 5.54. The van der Waals surface area contributed by atoms with E-state index in [0.717, 1.165) is 0 Å². The maximum atomic E-state index is 12.3. The number of nitrogens with zero attached hydrogens (tertiary/aromatic N) is 1. The zero-order valence-corrected chi connectivity index (χ0v) is 19.5. The van der Waals surface area contributed by atoms with Crippen LogP contribution in [0.3, 0.4) is 0 Å². The molecule has 0 amide bonds. The van der Waals surface area contributed by atoms with Crippen molar-refractivity contribution in [3.05, 3.63) is 78.0 Å². The van der Waals surface area contributed by atoms with Crippen LogP contribution in [-0.4, -0.2) is 39.9 Å². The Balaban J connectivity index is 1.81. The zero-order chi connectivity index (χ0) is 25.1. The summed E-state index contributed by atoms with van der Waals surface area (Å²) < 4.78 is 18.5. The summed E-state index contributed by atoms with van der Waals surface area (Å²) in [6.45, 7) is 3.88. The molecule has 0 saturated carbocycles. The fraction of sp³-hybridized carbons (Fsp3) is 0.185. The van der Waals surface area contributed by atoms with Crippen molar-refractivity contribution in [2.24, 2.45) is 0 Å². The van der Waals surface area contributed by atoms with Crippen LogP contribution in [0.5, 0.6) is 23.0 Å². The number of carboxylic acids is 2. The van der Waals surface area contributed by atoms with Crippen LogP contribution < -0.4 is 14.2 Å². The molecule has 0 bridgehead atoms. The van der Waals surface area contributed by atoms with E-state index in [1.54, 1.807) is 78.4 Å². The Morgan fingerprint density at radius 3 is 2.03 bits per heavy atom. The largest absolute Gasteiger partial charge is 0.497 e. The molecule has 4 aromatic rings. The monoisotopic (exact) mass is 475 g/mol. The van der Waals surface area contributed by atoms with Crippen molar-refractivity contribution in [3.63, 3.8) is 0 Å². The van der Waals surface area contributed by atoms with Crippen molar-refractivity contribution in [2.45, 2.75) is 26.4 Å². The van der Waals surface area contributed by atoms with Gasteiger partial charge in [0.2, 0.25) is 0 Å². The Morgan fingerprint density at radius 1 is 0.857 bits per heavy atom. The third-order valence-corrected chi connectivity index (χ3v) is 5.33. The van der Waals surface area contributed by atoms with E-state index in [1.165, 1.54) is 0 Å². The Kier molecular flexibility index (Phi) is 6.64. The van der Waals surface area contributed by atoms with Gasteiger partial charge in [0.15, 0.2) is 0 Å². The van der Waals surface area contributed by atoms with Crippen molar-refractivity contribution in [1.29, 1.82) is 0 Å². The van der Waals surface area contributed by atoms with Crippen molar-refractivity contribution >= 4 is 22.8 Å². The van der Waals surface area contributed by atoms with E-state index in [2.05, 4.69) is 0 Å². The first-order chi connectivity index (χ1) is 16.8. The van der Waals surface area contributed by atoms with Gasteiger partial charge < -0.3 is 29.0 Å². The second-order valence-electron chi connectivity index (χ2n) is 8.15. The Morgan fingerprint density at radius 2 is 1.46 bits per heavy atom. The lowest BCUT2D eigenvalue weighted by Gasteiger charge is -2.12. The zero-order valence-electron chi connectivity index (χ0n) is 19.5. The highest BCUT2D eigenvalue weighted by atomic mass is 16.5. The molecule has 8 heteroatoms. The van der Waals surface area contributed by atoms with E-state index in [-0.39, 0.29) is 17.4 Å². The van der Waals surface area contributed by atoms with E-state index >= 15 is 0 Å². The van der Waals surface area contributed by atoms with Crippen LogP contribution >= 0.6 is 0 Å². The summed E-state index contributed by atoms with van der Waals surface area (Å²) in [5.41, 5.74) is 1.26. The summed E-state index contributed by atoms with van der Waals surface area (Å²) in [7, 11) is 1.55. The number of ether oxygens (including phenoxy) is 3. The SMILES string of the molecule is COc1ccc(-n2c(CC(=O)O)c(C(=O)O)c3cc(Oc4ccc(OC(C)C)cc4)ccc32)cc1. The average molecular weight is 475 g/mol. The first-order valence-electron chi connectivity index (χ1n) is 11.0. The minimum absolute atomic E-state index is 0.0494. The summed E-state index contributed by atoms with van der Waals surface area (Å²) in [6, 6.07) is 19.1. The van der Waals surface area contributed by atoms with Crippen LogP contribution in [-0.2, 0) is 11.2 Å². The van der Waals surface area contributed by atoms with Gasteiger partial charge in [-0.05, 0) is 80.6 Å². The number of benzene rings is 3. The summed E-state index contributed by atoms with van der Waals surface area (Å²) in [5, 5.41) is 19.9. The van der Waals surface area contributed by atoms with Crippen molar-refractivity contribution in [3.8, 4) is 28.7 Å². The molecule has 0 aliphatic carbocycles. The molecule has 3 aromatic carbocycles. The molecule has 0 fully saturated rings. The molecule has 35 heavy (non-hydrogen) atoms. The van der Waals surface area contributed by atoms with Gasteiger partial charge in [-0.2, -0.15) is 0 Å². The van der Waals surface area contributed by atoms with Crippen molar-refractivity contribution in [1.82, 2.24) is 4.57 Å². The number of methoxy groups -OCH3 is 1. The van der Waals surface area contributed by atoms with Gasteiger partial charge in [0.25, 0.3) is 0 Å². The van der Waals surface area contributed by atoms with Crippen LogP contribution in [0.4, 0.5) is 0 Å². The van der Waals surface area contributed by atoms with Gasteiger partial charge in [-0.25, -0.2) is 4.79 Å². The minimum Gasteiger partial charge on any atom is -0.497 e. The maximum absolute atomic E-state index is 12.3. The van der Waals surface area contributed by atoms with Crippen LogP contribution in [0, 0.1) is 0 Å². The summed E-state index contributed by atoms with van der Waals surface area (Å²) in [5.74, 6) is -0.0325. The molecule has 0 aliphatic heterocycles. The second-order valence-corrected chi connectivity index (χ2v) is 8.15. The van der Waals surface area contributed by atoms with Gasteiger partial charge in [-0.3, -0.25) is 4.79 Å². The molecular formula is C27H25NO7. The van der Waals surface area contributed by atoms with Gasteiger partial charge in [-0.1, -0.05) is 0 Å². The number of aromatic carboxylic acids is 1. The van der Waals surface area contributed by atoms with Crippen LogP contribution in [0.2, 0.25) is 0 Å². The molecule has 1 aromatic heterocycles. The Hall–Kier alpha value is -4.46. The van der Waals surface area contributed by atoms with Gasteiger partial charge in [0, 0.05) is 16.8 Å². The fourth-order valence-electron chi connectivity index (χ4n) is 3.96. The van der Waals surface area contributed by atoms with Gasteiger partial charge in [0.05, 0.1) is 30.7 Å². The molecule has 0 aliphatic rings. The number of hydrogen-bond donors (Lipinski definition) is 2. The number of fused-ring (bicyclic) bond motifs is 1. The summed E-state index contributed by atoms with van der Waals surface area (Å²) in [6.07, 6.45) is -0.413. The lowest BCUT2D eigenvalue weighted by Crippen LogP contribution is -2.11. The third-order valence-electron chi connectivity index (χ3n) is 5.33. The van der Waals surface area contributed by atoms with E-state index < -0.39 is 18.4 Å². The number of carboxylic acid groups (broad SMARTS) is 2. The lowest BCUT2D eigenvalue weighted by molar-refractivity contribution is -0.136. The number of aromatic nitrogens is 1. The molecule has 0 unspecified atom stereocenters. The standard InChI is InChI=1S/C27H25NO7/c1-16(2)34-19-8-10-20(11-9-19)35-21-12-13-23-22(14-21)26(27(31)32)24(15-25(29)30)28(23)17-4-6-18(33-3)7-5-17/h4-14,16H,15H2,1-3H3,(H,29,30)(H,31,32). The third kappa shape index (κ3) is 5.06. The Bertz CT molecular complexity index is 1370. The van der Waals surface area contributed by atoms with Crippen molar-refractivity contribution in [2.75, 3.05) is 7.11 Å². The second kappa shape index (κ2) is 9.80. The predicted molar refractivity (Wildman–Crippen MR) is 130 cm³/mol.